The number of alkyl carbamates (subject to hydrolysis) is 2. The molecule has 2 aromatic carbocycles. The maximum Gasteiger partial charge on any atom is 0.407 e. The number of carbonyl (C=O) groups excluding carboxylic acids is 9. The van der Waals surface area contributed by atoms with E-state index in [1.165, 1.54) is 0 Å². The Bertz CT molecular complexity index is 2550. The normalized spacial score (nSPS) is 14.5. The quantitative estimate of drug-likeness (QED) is 0.0412. The summed E-state index contributed by atoms with van der Waals surface area (Å²) >= 11 is 0. The van der Waals surface area contributed by atoms with Crippen LogP contribution in [0.15, 0.2) is 60.7 Å². The summed E-state index contributed by atoms with van der Waals surface area (Å²) in [5.41, 5.74) is 36.0. The molecule has 0 aliphatic rings. The maximum atomic E-state index is 14.7. The Hall–Kier alpha value is -7.50. The number of unbranched alkanes of at least 4 members (excludes halogenated alkanes) is 5. The molecule has 0 aliphatic heterocycles. The molecule has 28 heteroatoms. The van der Waals surface area contributed by atoms with Crippen molar-refractivity contribution in [2.75, 3.05) is 45.9 Å². The van der Waals surface area contributed by atoms with Gasteiger partial charge in [0.1, 0.15) is 61.5 Å². The summed E-state index contributed by atoms with van der Waals surface area (Å²) in [6.45, 7) is 11.6. The van der Waals surface area contributed by atoms with Crippen LogP contribution in [0.3, 0.4) is 0 Å². The molecule has 93 heavy (non-hydrogen) atoms. The van der Waals surface area contributed by atoms with Crippen molar-refractivity contribution in [2.45, 2.75) is 211 Å². The molecule has 0 saturated heterocycles. The lowest BCUT2D eigenvalue weighted by Gasteiger charge is -2.30. The number of carboxylic acids is 1. The molecule has 28 nitrogen and oxygen atoms in total. The molecular formula is C65H111N15O13. The van der Waals surface area contributed by atoms with Gasteiger partial charge in [-0.1, -0.05) is 115 Å². The Morgan fingerprint density at radius 1 is 0.366 bits per heavy atom. The fraction of sp³-hybridized carbons (Fsp3) is 0.662. The second-order valence-electron chi connectivity index (χ2n) is 24.6. The summed E-state index contributed by atoms with van der Waals surface area (Å²) < 4.78 is 10.9. The molecule has 9 amide bonds. The van der Waals surface area contributed by atoms with Crippen LogP contribution < -0.4 is 82.3 Å². The van der Waals surface area contributed by atoms with Crippen molar-refractivity contribution in [3.05, 3.63) is 71.8 Å². The van der Waals surface area contributed by atoms with E-state index in [1.807, 2.05) is 0 Å². The summed E-state index contributed by atoms with van der Waals surface area (Å²) in [5, 5.41) is 34.5. The lowest BCUT2D eigenvalue weighted by molar-refractivity contribution is -0.142. The third-order valence-corrected chi connectivity index (χ3v) is 15.5. The summed E-state index contributed by atoms with van der Waals surface area (Å²) in [7, 11) is 0. The lowest BCUT2D eigenvalue weighted by atomic mass is 9.98. The highest BCUT2D eigenvalue weighted by Crippen LogP contribution is 2.15. The number of ether oxygens (including phenoxy) is 2. The highest BCUT2D eigenvalue weighted by Gasteiger charge is 2.37. The third-order valence-electron chi connectivity index (χ3n) is 15.5. The molecule has 0 fully saturated rings. The topological polar surface area (TPSA) is 474 Å². The van der Waals surface area contributed by atoms with E-state index in [4.69, 9.17) is 43.9 Å². The molecule has 0 aliphatic carbocycles. The van der Waals surface area contributed by atoms with Crippen LogP contribution in [0.2, 0.25) is 0 Å². The van der Waals surface area contributed by atoms with E-state index in [-0.39, 0.29) is 64.4 Å². The summed E-state index contributed by atoms with van der Waals surface area (Å²) in [4.78, 5) is 139. The standard InChI is InChI=1S/C65H111N15O13/c1-41(2)53(60(85)74-48(29-15-20-34-68)56(81)76-51(37-44-23-9-7-10-24-44)59(84)75-50(63(88)89)31-17-22-36-70)78-57(82)49(30-16-21-35-69)73-58(83)52(38-45-25-11-8-12-26-45)77-61(86)54(42(3)4)79-62(87)55(43(5)6)80-65(91)93-40-47(28-14-19-33-67)72-64(90)92-39-46(71)27-13-18-32-66/h7-12,23-26,41-43,46-55H,13-22,27-40,66-71H2,1-6H3,(H,72,90)(H,73,83)(H,74,85)(H,75,84)(H,76,81)(H,77,86)(H,78,82)(H,79,87)(H,80,91)(H,88,89)/t46-,47-,48-,49-,50+,51-,52-,53-,54-,55-/m0/s1. The van der Waals surface area contributed by atoms with Gasteiger partial charge in [-0.3, -0.25) is 33.6 Å². The lowest BCUT2D eigenvalue weighted by Crippen LogP contribution is -2.61. The molecule has 524 valence electrons. The van der Waals surface area contributed by atoms with Crippen molar-refractivity contribution < 1.29 is 62.5 Å². The first-order valence-electron chi connectivity index (χ1n) is 32.9. The molecule has 2 rings (SSSR count). The third kappa shape index (κ3) is 33.3. The van der Waals surface area contributed by atoms with Crippen molar-refractivity contribution >= 4 is 59.5 Å². The van der Waals surface area contributed by atoms with Gasteiger partial charge in [0.25, 0.3) is 0 Å². The van der Waals surface area contributed by atoms with E-state index >= 15 is 0 Å². The van der Waals surface area contributed by atoms with Gasteiger partial charge >= 0.3 is 18.2 Å². The Kier molecular flexibility index (Phi) is 40.8. The van der Waals surface area contributed by atoms with E-state index in [0.29, 0.717) is 95.0 Å². The number of rotatable bonds is 48. The van der Waals surface area contributed by atoms with Crippen LogP contribution in [0, 0.1) is 17.8 Å². The minimum absolute atomic E-state index is 0.0187. The summed E-state index contributed by atoms with van der Waals surface area (Å²) in [5.74, 6) is -8.22. The van der Waals surface area contributed by atoms with Gasteiger partial charge < -0.3 is 96.8 Å². The number of nitrogens with one attached hydrogen (secondary N) is 9. The molecule has 0 bridgehead atoms. The van der Waals surface area contributed by atoms with E-state index in [1.54, 1.807) is 102 Å². The van der Waals surface area contributed by atoms with Crippen LogP contribution >= 0.6 is 0 Å². The van der Waals surface area contributed by atoms with Crippen molar-refractivity contribution in [3.63, 3.8) is 0 Å². The van der Waals surface area contributed by atoms with Crippen LogP contribution in [0.4, 0.5) is 9.59 Å². The monoisotopic (exact) mass is 1310 g/mol. The molecule has 2 aromatic rings. The van der Waals surface area contributed by atoms with E-state index < -0.39 is 132 Å². The Balaban J connectivity index is 2.40. The number of aliphatic carboxylic acids is 1. The molecule has 0 heterocycles. The predicted molar refractivity (Wildman–Crippen MR) is 355 cm³/mol. The minimum atomic E-state index is -1.34. The van der Waals surface area contributed by atoms with Gasteiger partial charge in [-0.05, 0) is 145 Å². The van der Waals surface area contributed by atoms with Gasteiger partial charge in [-0.25, -0.2) is 14.4 Å². The molecule has 10 atom stereocenters. The summed E-state index contributed by atoms with van der Waals surface area (Å²) in [6, 6.07) is 6.32. The number of amides is 9. The number of hydrogen-bond donors (Lipinski definition) is 16. The van der Waals surface area contributed by atoms with Crippen LogP contribution in [-0.4, -0.2) is 171 Å². The molecule has 0 saturated carbocycles. The number of hydrogen-bond acceptors (Lipinski definition) is 18. The predicted octanol–water partition coefficient (Wildman–Crippen LogP) is 1.08. The molecular weight excluding hydrogens is 1200 g/mol. The van der Waals surface area contributed by atoms with Gasteiger partial charge in [-0.15, -0.1) is 0 Å². The average Bonchev–Trinajstić information content (AvgIpc) is 1.02. The zero-order chi connectivity index (χ0) is 69.3. The molecule has 22 N–H and O–H groups in total. The largest absolute Gasteiger partial charge is 0.480 e. The van der Waals surface area contributed by atoms with Gasteiger partial charge in [-0.2, -0.15) is 0 Å². The van der Waals surface area contributed by atoms with Gasteiger partial charge in [0, 0.05) is 18.9 Å². The maximum absolute atomic E-state index is 14.7. The van der Waals surface area contributed by atoms with Gasteiger partial charge in [0.15, 0.2) is 0 Å². The molecule has 0 radical (unpaired) electrons. The first-order valence-corrected chi connectivity index (χ1v) is 32.9. The fourth-order valence-corrected chi connectivity index (χ4v) is 9.94. The first-order chi connectivity index (χ1) is 44.4. The van der Waals surface area contributed by atoms with E-state index in [9.17, 15) is 53.1 Å². The number of benzene rings is 2. The van der Waals surface area contributed by atoms with Crippen LogP contribution in [0.5, 0.6) is 0 Å². The highest BCUT2D eigenvalue weighted by molar-refractivity contribution is 5.98. The van der Waals surface area contributed by atoms with Gasteiger partial charge in [0.2, 0.25) is 41.4 Å². The Morgan fingerprint density at radius 2 is 0.677 bits per heavy atom. The summed E-state index contributed by atoms with van der Waals surface area (Å²) in [6.07, 6.45) is 4.91. The zero-order valence-corrected chi connectivity index (χ0v) is 55.6. The molecule has 0 spiro atoms. The Labute approximate surface area is 548 Å². The van der Waals surface area contributed by atoms with Crippen molar-refractivity contribution in [1.82, 2.24) is 47.9 Å². The highest BCUT2D eigenvalue weighted by atomic mass is 16.6. The number of nitrogens with two attached hydrogens (primary N) is 6. The number of carboxylic acid groups (broad SMARTS) is 1. The minimum Gasteiger partial charge on any atom is -0.480 e. The smallest absolute Gasteiger partial charge is 0.407 e. The van der Waals surface area contributed by atoms with E-state index in [2.05, 4.69) is 47.9 Å². The van der Waals surface area contributed by atoms with Crippen molar-refractivity contribution in [3.8, 4) is 0 Å². The van der Waals surface area contributed by atoms with Gasteiger partial charge in [0.05, 0.1) is 6.04 Å². The van der Waals surface area contributed by atoms with Crippen LogP contribution in [-0.2, 0) is 60.7 Å². The SMILES string of the molecule is CC(C)[C@H](NC(=O)OC[C@H](CCCCN)NC(=O)OC[C@@H](N)CCCCN)C(=O)N[C@H](C(=O)N[C@@H](Cc1ccccc1)C(=O)N[C@@H](CCCCN)C(=O)N[C@H](C(=O)N[C@@H](CCCCN)C(=O)N[C@@H](Cc1ccccc1)C(=O)N[C@H](CCCCN)C(=O)O)C(C)C)C(C)C. The van der Waals surface area contributed by atoms with Crippen molar-refractivity contribution in [2.24, 2.45) is 52.2 Å². The molecule has 0 unspecified atom stereocenters. The Morgan fingerprint density at radius 3 is 1.11 bits per heavy atom. The second kappa shape index (κ2) is 46.6. The molecule has 0 aromatic heterocycles. The average molecular weight is 1310 g/mol. The second-order valence-corrected chi connectivity index (χ2v) is 24.6. The van der Waals surface area contributed by atoms with Crippen molar-refractivity contribution in [1.29, 1.82) is 0 Å². The van der Waals surface area contributed by atoms with Crippen LogP contribution in [0.25, 0.3) is 0 Å². The fourth-order valence-electron chi connectivity index (χ4n) is 9.94. The zero-order valence-electron chi connectivity index (χ0n) is 55.6. The number of carbonyl (C=O) groups is 10. The van der Waals surface area contributed by atoms with E-state index in [0.717, 1.165) is 12.8 Å². The first kappa shape index (κ1) is 81.6. The van der Waals surface area contributed by atoms with Crippen LogP contribution in [0.1, 0.15) is 149 Å².